The molecule has 0 bridgehead atoms. The van der Waals surface area contributed by atoms with E-state index >= 15 is 0 Å². The molecule has 0 aliphatic rings. The Bertz CT molecular complexity index is 408. The molecule has 1 unspecified atom stereocenters. The van der Waals surface area contributed by atoms with Gasteiger partial charge in [0.1, 0.15) is 5.75 Å². The first-order valence-electron chi connectivity index (χ1n) is 6.40. The van der Waals surface area contributed by atoms with Crippen LogP contribution in [0, 0.1) is 0 Å². The molecule has 0 saturated heterocycles. The standard InChI is InChI=1S/C14H23N3O2/c1-10(15)7-11-5-6-12(8-16-11)19-9-13(18)17-14(2,3)4/h5-6,8,10H,7,9,15H2,1-4H3,(H,17,18). The normalized spacial score (nSPS) is 12.9. The summed E-state index contributed by atoms with van der Waals surface area (Å²) in [6.07, 6.45) is 2.34. The number of hydrogen-bond acceptors (Lipinski definition) is 4. The Labute approximate surface area is 114 Å². The molecule has 0 saturated carbocycles. The van der Waals surface area contributed by atoms with Gasteiger partial charge in [-0.05, 0) is 39.8 Å². The molecule has 19 heavy (non-hydrogen) atoms. The van der Waals surface area contributed by atoms with Crippen molar-refractivity contribution in [2.24, 2.45) is 5.73 Å². The van der Waals surface area contributed by atoms with Gasteiger partial charge in [0.2, 0.25) is 0 Å². The van der Waals surface area contributed by atoms with Crippen LogP contribution in [0.2, 0.25) is 0 Å². The second-order valence-electron chi connectivity index (χ2n) is 5.75. The van der Waals surface area contributed by atoms with Gasteiger partial charge in [0.15, 0.2) is 6.61 Å². The molecule has 3 N–H and O–H groups in total. The number of carbonyl (C=O) groups excluding carboxylic acids is 1. The highest BCUT2D eigenvalue weighted by Crippen LogP contribution is 2.10. The molecule has 0 aliphatic carbocycles. The van der Waals surface area contributed by atoms with E-state index in [0.717, 1.165) is 12.1 Å². The molecule has 0 aromatic carbocycles. The number of pyridine rings is 1. The minimum Gasteiger partial charge on any atom is -0.482 e. The van der Waals surface area contributed by atoms with Crippen LogP contribution >= 0.6 is 0 Å². The smallest absolute Gasteiger partial charge is 0.258 e. The second kappa shape index (κ2) is 6.52. The topological polar surface area (TPSA) is 77.2 Å². The molecule has 106 valence electrons. The van der Waals surface area contributed by atoms with Crippen molar-refractivity contribution in [2.75, 3.05) is 6.61 Å². The fraction of sp³-hybridized carbons (Fsp3) is 0.571. The van der Waals surface area contributed by atoms with Crippen LogP contribution in [-0.2, 0) is 11.2 Å². The summed E-state index contributed by atoms with van der Waals surface area (Å²) in [6.45, 7) is 7.70. The zero-order valence-corrected chi connectivity index (χ0v) is 12.1. The molecule has 1 atom stereocenters. The number of hydrogen-bond donors (Lipinski definition) is 2. The van der Waals surface area contributed by atoms with Gasteiger partial charge in [-0.2, -0.15) is 0 Å². The van der Waals surface area contributed by atoms with Gasteiger partial charge in [-0.3, -0.25) is 9.78 Å². The predicted molar refractivity (Wildman–Crippen MR) is 75.0 cm³/mol. The number of nitrogens with zero attached hydrogens (tertiary/aromatic N) is 1. The molecular weight excluding hydrogens is 242 g/mol. The van der Waals surface area contributed by atoms with E-state index in [1.54, 1.807) is 12.3 Å². The largest absolute Gasteiger partial charge is 0.482 e. The van der Waals surface area contributed by atoms with Gasteiger partial charge in [0, 0.05) is 23.7 Å². The van der Waals surface area contributed by atoms with Crippen LogP contribution in [0.25, 0.3) is 0 Å². The fourth-order valence-electron chi connectivity index (χ4n) is 1.55. The molecule has 1 aromatic rings. The molecule has 1 amide bonds. The van der Waals surface area contributed by atoms with Crippen LogP contribution in [0.5, 0.6) is 5.75 Å². The predicted octanol–water partition coefficient (Wildman–Crippen LogP) is 1.26. The third kappa shape index (κ3) is 6.76. The SMILES string of the molecule is CC(N)Cc1ccc(OCC(=O)NC(C)(C)C)cn1. The van der Waals surface area contributed by atoms with Gasteiger partial charge >= 0.3 is 0 Å². The van der Waals surface area contributed by atoms with Crippen LogP contribution in [0.15, 0.2) is 18.3 Å². The van der Waals surface area contributed by atoms with Gasteiger partial charge < -0.3 is 15.8 Å². The number of carbonyl (C=O) groups is 1. The highest BCUT2D eigenvalue weighted by Gasteiger charge is 2.13. The molecular formula is C14H23N3O2. The second-order valence-corrected chi connectivity index (χ2v) is 5.75. The van der Waals surface area contributed by atoms with E-state index in [4.69, 9.17) is 10.5 Å². The lowest BCUT2D eigenvalue weighted by molar-refractivity contribution is -0.124. The summed E-state index contributed by atoms with van der Waals surface area (Å²) in [5.41, 5.74) is 6.36. The lowest BCUT2D eigenvalue weighted by atomic mass is 10.1. The maximum atomic E-state index is 11.6. The van der Waals surface area contributed by atoms with Gasteiger partial charge in [-0.25, -0.2) is 0 Å². The molecule has 0 fully saturated rings. The lowest BCUT2D eigenvalue weighted by Crippen LogP contribution is -2.43. The van der Waals surface area contributed by atoms with E-state index in [1.807, 2.05) is 33.8 Å². The first kappa shape index (κ1) is 15.4. The summed E-state index contributed by atoms with van der Waals surface area (Å²) in [4.78, 5) is 15.8. The average molecular weight is 265 g/mol. The van der Waals surface area contributed by atoms with Crippen molar-refractivity contribution < 1.29 is 9.53 Å². The maximum Gasteiger partial charge on any atom is 0.258 e. The van der Waals surface area contributed by atoms with Gasteiger partial charge in [0.25, 0.3) is 5.91 Å². The highest BCUT2D eigenvalue weighted by molar-refractivity contribution is 5.78. The number of nitrogens with two attached hydrogens (primary N) is 1. The van der Waals surface area contributed by atoms with E-state index in [1.165, 1.54) is 0 Å². The van der Waals surface area contributed by atoms with Crippen molar-refractivity contribution in [1.82, 2.24) is 10.3 Å². The Kier molecular flexibility index (Phi) is 5.30. The summed E-state index contributed by atoms with van der Waals surface area (Å²) in [5, 5.41) is 2.83. The molecule has 1 heterocycles. The van der Waals surface area contributed by atoms with Gasteiger partial charge in [-0.15, -0.1) is 0 Å². The van der Waals surface area contributed by atoms with Gasteiger partial charge in [0.05, 0.1) is 6.20 Å². The summed E-state index contributed by atoms with van der Waals surface area (Å²) >= 11 is 0. The van der Waals surface area contributed by atoms with E-state index in [0.29, 0.717) is 5.75 Å². The van der Waals surface area contributed by atoms with Crippen LogP contribution < -0.4 is 15.8 Å². The third-order valence-corrected chi connectivity index (χ3v) is 2.21. The molecule has 1 aromatic heterocycles. The third-order valence-electron chi connectivity index (χ3n) is 2.21. The molecule has 0 aliphatic heterocycles. The van der Waals surface area contributed by atoms with Crippen LogP contribution in [0.4, 0.5) is 0 Å². The Balaban J connectivity index is 2.44. The van der Waals surface area contributed by atoms with Crippen LogP contribution in [0.3, 0.4) is 0 Å². The van der Waals surface area contributed by atoms with Crippen molar-refractivity contribution in [1.29, 1.82) is 0 Å². The van der Waals surface area contributed by atoms with Gasteiger partial charge in [-0.1, -0.05) is 0 Å². The monoisotopic (exact) mass is 265 g/mol. The van der Waals surface area contributed by atoms with Crippen molar-refractivity contribution in [3.63, 3.8) is 0 Å². The summed E-state index contributed by atoms with van der Waals surface area (Å²) < 4.78 is 5.37. The number of amides is 1. The molecule has 0 radical (unpaired) electrons. The van der Waals surface area contributed by atoms with E-state index in [9.17, 15) is 4.79 Å². The quantitative estimate of drug-likeness (QED) is 0.840. The number of aromatic nitrogens is 1. The van der Waals surface area contributed by atoms with E-state index < -0.39 is 0 Å². The molecule has 0 spiro atoms. The minimum atomic E-state index is -0.250. The molecule has 5 nitrogen and oxygen atoms in total. The van der Waals surface area contributed by atoms with E-state index in [2.05, 4.69) is 10.3 Å². The fourth-order valence-corrected chi connectivity index (χ4v) is 1.55. The van der Waals surface area contributed by atoms with Crippen LogP contribution in [-0.4, -0.2) is 29.1 Å². The van der Waals surface area contributed by atoms with Crippen molar-refractivity contribution >= 4 is 5.91 Å². The Morgan fingerprint density at radius 2 is 2.16 bits per heavy atom. The van der Waals surface area contributed by atoms with Crippen molar-refractivity contribution in [3.05, 3.63) is 24.0 Å². The Morgan fingerprint density at radius 1 is 1.47 bits per heavy atom. The van der Waals surface area contributed by atoms with Crippen LogP contribution in [0.1, 0.15) is 33.4 Å². The maximum absolute atomic E-state index is 11.6. The highest BCUT2D eigenvalue weighted by atomic mass is 16.5. The zero-order valence-electron chi connectivity index (χ0n) is 12.1. The number of rotatable bonds is 5. The molecule has 5 heteroatoms. The zero-order chi connectivity index (χ0) is 14.5. The molecule has 1 rings (SSSR count). The van der Waals surface area contributed by atoms with Crippen molar-refractivity contribution in [3.8, 4) is 5.75 Å². The van der Waals surface area contributed by atoms with Crippen molar-refractivity contribution in [2.45, 2.75) is 45.7 Å². The first-order valence-corrected chi connectivity index (χ1v) is 6.40. The Morgan fingerprint density at radius 3 is 2.63 bits per heavy atom. The lowest BCUT2D eigenvalue weighted by Gasteiger charge is -2.20. The summed E-state index contributed by atoms with van der Waals surface area (Å²) in [5.74, 6) is 0.435. The first-order chi connectivity index (χ1) is 8.76. The summed E-state index contributed by atoms with van der Waals surface area (Å²) in [7, 11) is 0. The Hall–Kier alpha value is -1.62. The summed E-state index contributed by atoms with van der Waals surface area (Å²) in [6, 6.07) is 3.74. The van der Waals surface area contributed by atoms with E-state index in [-0.39, 0.29) is 24.1 Å². The minimum absolute atomic E-state index is 0.00834. The number of nitrogens with one attached hydrogen (secondary N) is 1. The average Bonchev–Trinajstić information content (AvgIpc) is 2.25. The number of ether oxygens (including phenoxy) is 1.